The highest BCUT2D eigenvalue weighted by Crippen LogP contribution is 2.17. The molecule has 6 nitrogen and oxygen atoms in total. The molecule has 0 aromatic rings. The van der Waals surface area contributed by atoms with Crippen LogP contribution in [0.4, 0.5) is 4.79 Å². The molecule has 18 heavy (non-hydrogen) atoms. The van der Waals surface area contributed by atoms with Crippen LogP contribution in [0.1, 0.15) is 13.3 Å². The Morgan fingerprint density at radius 2 is 2.28 bits per heavy atom. The van der Waals surface area contributed by atoms with E-state index in [1.54, 1.807) is 4.90 Å². The van der Waals surface area contributed by atoms with Crippen LogP contribution in [0.5, 0.6) is 0 Å². The monoisotopic (exact) mass is 275 g/mol. The predicted molar refractivity (Wildman–Crippen MR) is 69.3 cm³/mol. The van der Waals surface area contributed by atoms with Crippen molar-refractivity contribution in [3.8, 4) is 0 Å². The molecule has 7 heteroatoms. The fraction of sp³-hybridized carbons (Fsp3) is 0.909. The fourth-order valence-electron chi connectivity index (χ4n) is 2.64. The second-order valence-corrected chi connectivity index (χ2v) is 7.13. The Bertz CT molecular complexity index is 410. The molecule has 0 bridgehead atoms. The third-order valence-electron chi connectivity index (χ3n) is 3.73. The quantitative estimate of drug-likeness (QED) is 0.736. The van der Waals surface area contributed by atoms with Gasteiger partial charge in [-0.3, -0.25) is 4.90 Å². The van der Waals surface area contributed by atoms with Gasteiger partial charge in [-0.15, -0.1) is 0 Å². The van der Waals surface area contributed by atoms with E-state index in [1.807, 2.05) is 6.92 Å². The van der Waals surface area contributed by atoms with Crippen LogP contribution in [0.3, 0.4) is 0 Å². The largest absolute Gasteiger partial charge is 0.336 e. The maximum Gasteiger partial charge on any atom is 0.317 e. The van der Waals surface area contributed by atoms with Gasteiger partial charge >= 0.3 is 6.03 Å². The summed E-state index contributed by atoms with van der Waals surface area (Å²) in [5.74, 6) is 0.575. The van der Waals surface area contributed by atoms with Crippen LogP contribution in [0, 0.1) is 0 Å². The van der Waals surface area contributed by atoms with E-state index in [0.29, 0.717) is 18.8 Å². The topological polar surface area (TPSA) is 69.7 Å². The zero-order valence-electron chi connectivity index (χ0n) is 10.8. The Kier molecular flexibility index (Phi) is 4.11. The first-order valence-electron chi connectivity index (χ1n) is 6.49. The summed E-state index contributed by atoms with van der Waals surface area (Å²) < 4.78 is 22.9. The van der Waals surface area contributed by atoms with Gasteiger partial charge in [0.2, 0.25) is 0 Å². The van der Waals surface area contributed by atoms with E-state index in [0.717, 1.165) is 26.1 Å². The molecule has 0 aromatic carbocycles. The minimum atomic E-state index is -2.83. The van der Waals surface area contributed by atoms with Crippen LogP contribution in [-0.4, -0.2) is 74.5 Å². The number of rotatable bonds is 5. The normalized spacial score (nSPS) is 26.9. The molecule has 104 valence electrons. The first-order valence-corrected chi connectivity index (χ1v) is 8.31. The molecule has 2 aliphatic heterocycles. The summed E-state index contributed by atoms with van der Waals surface area (Å²) in [4.78, 5) is 15.4. The minimum Gasteiger partial charge on any atom is -0.336 e. The summed E-state index contributed by atoms with van der Waals surface area (Å²) in [6.45, 7) is 5.76. The average molecular weight is 275 g/mol. The third kappa shape index (κ3) is 3.14. The minimum absolute atomic E-state index is 0.00917. The van der Waals surface area contributed by atoms with Gasteiger partial charge in [0, 0.05) is 32.2 Å². The van der Waals surface area contributed by atoms with Gasteiger partial charge in [0.25, 0.3) is 0 Å². The maximum atomic E-state index is 11.5. The van der Waals surface area contributed by atoms with Crippen molar-refractivity contribution < 1.29 is 13.2 Å². The molecule has 1 N–H and O–H groups in total. The van der Waals surface area contributed by atoms with Crippen molar-refractivity contribution in [2.75, 3.05) is 44.2 Å². The maximum absolute atomic E-state index is 11.5. The Hall–Kier alpha value is -0.820. The van der Waals surface area contributed by atoms with Crippen molar-refractivity contribution in [2.45, 2.75) is 19.4 Å². The van der Waals surface area contributed by atoms with E-state index >= 15 is 0 Å². The molecule has 0 aromatic heterocycles. The Labute approximate surface area is 108 Å². The van der Waals surface area contributed by atoms with Gasteiger partial charge in [0.15, 0.2) is 9.84 Å². The van der Waals surface area contributed by atoms with E-state index in [1.165, 1.54) is 0 Å². The molecule has 2 fully saturated rings. The van der Waals surface area contributed by atoms with Crippen LogP contribution in [0.2, 0.25) is 0 Å². The summed E-state index contributed by atoms with van der Waals surface area (Å²) in [5, 5.41) is 2.77. The van der Waals surface area contributed by atoms with Gasteiger partial charge in [-0.1, -0.05) is 6.92 Å². The smallest absolute Gasteiger partial charge is 0.317 e. The average Bonchev–Trinajstić information content (AvgIpc) is 2.87. The Morgan fingerprint density at radius 1 is 1.50 bits per heavy atom. The lowest BCUT2D eigenvalue weighted by Gasteiger charge is -2.28. The number of hydrogen-bond acceptors (Lipinski definition) is 4. The number of amides is 2. The highest BCUT2D eigenvalue weighted by atomic mass is 32.2. The fourth-order valence-corrected chi connectivity index (χ4v) is 4.40. The second-order valence-electron chi connectivity index (χ2n) is 4.90. The molecular formula is C11H21N3O3S. The molecule has 1 unspecified atom stereocenters. The van der Waals surface area contributed by atoms with Gasteiger partial charge in [-0.2, -0.15) is 0 Å². The van der Waals surface area contributed by atoms with E-state index < -0.39 is 9.84 Å². The van der Waals surface area contributed by atoms with Crippen LogP contribution < -0.4 is 5.32 Å². The van der Waals surface area contributed by atoms with E-state index in [9.17, 15) is 13.2 Å². The predicted octanol–water partition coefficient (Wildman–Crippen LogP) is -0.479. The van der Waals surface area contributed by atoms with E-state index in [2.05, 4.69) is 10.2 Å². The van der Waals surface area contributed by atoms with Crippen molar-refractivity contribution in [3.63, 3.8) is 0 Å². The number of carbonyl (C=O) groups excluding carboxylic acids is 1. The lowest BCUT2D eigenvalue weighted by Crippen LogP contribution is -2.42. The van der Waals surface area contributed by atoms with Gasteiger partial charge in [0.1, 0.15) is 0 Å². The first-order chi connectivity index (χ1) is 8.52. The number of urea groups is 1. The Balaban J connectivity index is 1.84. The summed E-state index contributed by atoms with van der Waals surface area (Å²) in [6.07, 6.45) is 0.725. The molecule has 2 aliphatic rings. The molecule has 0 saturated carbocycles. The number of likely N-dealkylation sites (N-methyl/N-ethyl adjacent to an activating group) is 1. The molecule has 2 saturated heterocycles. The van der Waals surface area contributed by atoms with Crippen LogP contribution in [0.25, 0.3) is 0 Å². The molecule has 0 aliphatic carbocycles. The highest BCUT2D eigenvalue weighted by molar-refractivity contribution is 7.91. The van der Waals surface area contributed by atoms with Gasteiger partial charge in [-0.25, -0.2) is 13.2 Å². The molecule has 0 spiro atoms. The zero-order chi connectivity index (χ0) is 13.2. The van der Waals surface area contributed by atoms with Crippen molar-refractivity contribution in [1.29, 1.82) is 0 Å². The van der Waals surface area contributed by atoms with E-state index in [4.69, 9.17) is 0 Å². The molecular weight excluding hydrogens is 254 g/mol. The lowest BCUT2D eigenvalue weighted by molar-refractivity contribution is 0.184. The summed E-state index contributed by atoms with van der Waals surface area (Å²) in [7, 11) is -2.83. The number of sulfone groups is 1. The van der Waals surface area contributed by atoms with Crippen LogP contribution >= 0.6 is 0 Å². The van der Waals surface area contributed by atoms with Crippen LogP contribution in [-0.2, 0) is 9.84 Å². The van der Waals surface area contributed by atoms with Crippen molar-refractivity contribution in [1.82, 2.24) is 15.1 Å². The molecule has 2 rings (SSSR count). The zero-order valence-corrected chi connectivity index (χ0v) is 11.6. The number of nitrogens with one attached hydrogen (secondary N) is 1. The molecule has 1 atom stereocenters. The molecule has 2 amide bonds. The lowest BCUT2D eigenvalue weighted by atomic mass is 10.2. The summed E-state index contributed by atoms with van der Waals surface area (Å²) >= 11 is 0. The number of nitrogens with zero attached hydrogens (tertiary/aromatic N) is 2. The molecule has 2 heterocycles. The SMILES string of the molecule is CCN(CCN1CCNC1=O)C1CCS(=O)(=O)C1. The van der Waals surface area contributed by atoms with Crippen molar-refractivity contribution in [3.05, 3.63) is 0 Å². The van der Waals surface area contributed by atoms with Crippen LogP contribution in [0.15, 0.2) is 0 Å². The van der Waals surface area contributed by atoms with Crippen molar-refractivity contribution >= 4 is 15.9 Å². The Morgan fingerprint density at radius 3 is 2.78 bits per heavy atom. The van der Waals surface area contributed by atoms with Gasteiger partial charge < -0.3 is 10.2 Å². The third-order valence-corrected chi connectivity index (χ3v) is 5.48. The standard InChI is InChI=1S/C11H21N3O3S/c1-2-13(10-3-8-18(16,17)9-10)6-7-14-5-4-12-11(14)15/h10H,2-9H2,1H3,(H,12,15). The van der Waals surface area contributed by atoms with Gasteiger partial charge in [-0.05, 0) is 13.0 Å². The number of carbonyl (C=O) groups is 1. The second kappa shape index (κ2) is 5.44. The highest BCUT2D eigenvalue weighted by Gasteiger charge is 2.32. The van der Waals surface area contributed by atoms with Crippen molar-refractivity contribution in [2.24, 2.45) is 0 Å². The summed E-state index contributed by atoms with van der Waals surface area (Å²) in [6, 6.07) is 0.121. The summed E-state index contributed by atoms with van der Waals surface area (Å²) in [5.41, 5.74) is 0. The number of hydrogen-bond donors (Lipinski definition) is 1. The first kappa shape index (κ1) is 13.6. The molecule has 0 radical (unpaired) electrons. The van der Waals surface area contributed by atoms with Gasteiger partial charge in [0.05, 0.1) is 11.5 Å². The van der Waals surface area contributed by atoms with E-state index in [-0.39, 0.29) is 17.8 Å².